The average molecular weight is 344 g/mol. The first-order valence-corrected chi connectivity index (χ1v) is 9.32. The molecule has 1 atom stereocenters. The van der Waals surface area contributed by atoms with E-state index < -0.39 is 10.8 Å². The second-order valence-corrected chi connectivity index (χ2v) is 8.27. The van der Waals surface area contributed by atoms with Crippen LogP contribution in [0.2, 0.25) is 0 Å². The van der Waals surface area contributed by atoms with Gasteiger partial charge in [0.05, 0.1) is 10.8 Å². The number of rotatable bonds is 6. The number of hydrogen-bond donors (Lipinski definition) is 0. The predicted molar refractivity (Wildman–Crippen MR) is 97.2 cm³/mol. The molecule has 1 aromatic heterocycles. The Labute approximate surface area is 146 Å². The quantitative estimate of drug-likeness (QED) is 0.804. The summed E-state index contributed by atoms with van der Waals surface area (Å²) >= 11 is 0. The van der Waals surface area contributed by atoms with Gasteiger partial charge in [0.15, 0.2) is 0 Å². The van der Waals surface area contributed by atoms with Gasteiger partial charge in [0.2, 0.25) is 0 Å². The standard InChI is InChI=1S/C19H24N2O2S/c1-14(2)21(13-16-6-5-11-20-12-16)19(22)17-7-9-18(10-8-17)24(23)15(3)4/h5-12,14-15H,13H2,1-4H3/t24-/m1/s1. The van der Waals surface area contributed by atoms with Crippen molar-refractivity contribution in [1.29, 1.82) is 0 Å². The lowest BCUT2D eigenvalue weighted by Gasteiger charge is -2.27. The number of hydrogen-bond acceptors (Lipinski definition) is 3. The maximum Gasteiger partial charge on any atom is 0.254 e. The van der Waals surface area contributed by atoms with E-state index in [1.54, 1.807) is 36.7 Å². The van der Waals surface area contributed by atoms with E-state index in [0.29, 0.717) is 12.1 Å². The Bertz CT molecular complexity index is 697. The largest absolute Gasteiger partial charge is 0.332 e. The van der Waals surface area contributed by atoms with Gasteiger partial charge in [0.25, 0.3) is 5.91 Å². The molecule has 0 radical (unpaired) electrons. The van der Waals surface area contributed by atoms with Crippen LogP contribution in [0.25, 0.3) is 0 Å². The van der Waals surface area contributed by atoms with Gasteiger partial charge < -0.3 is 4.90 Å². The molecule has 0 bridgehead atoms. The van der Waals surface area contributed by atoms with Gasteiger partial charge in [-0.2, -0.15) is 0 Å². The van der Waals surface area contributed by atoms with Crippen molar-refractivity contribution in [1.82, 2.24) is 9.88 Å². The molecule has 2 rings (SSSR count). The van der Waals surface area contributed by atoms with Gasteiger partial charge in [0.1, 0.15) is 0 Å². The number of benzene rings is 1. The number of aromatic nitrogens is 1. The summed E-state index contributed by atoms with van der Waals surface area (Å²) in [6, 6.07) is 11.0. The van der Waals surface area contributed by atoms with Crippen LogP contribution in [-0.2, 0) is 17.3 Å². The summed E-state index contributed by atoms with van der Waals surface area (Å²) in [5, 5.41) is 0.0595. The molecule has 24 heavy (non-hydrogen) atoms. The van der Waals surface area contributed by atoms with Gasteiger partial charge in [-0.15, -0.1) is 0 Å². The van der Waals surface area contributed by atoms with Gasteiger partial charge >= 0.3 is 0 Å². The van der Waals surface area contributed by atoms with E-state index in [1.165, 1.54) is 0 Å². The van der Waals surface area contributed by atoms with Crippen LogP contribution < -0.4 is 0 Å². The van der Waals surface area contributed by atoms with Crippen molar-refractivity contribution in [2.45, 2.75) is 50.4 Å². The summed E-state index contributed by atoms with van der Waals surface area (Å²) in [7, 11) is -1.04. The predicted octanol–water partition coefficient (Wildman–Crippen LogP) is 3.65. The fraction of sp³-hybridized carbons (Fsp3) is 0.368. The summed E-state index contributed by atoms with van der Waals surface area (Å²) in [5.74, 6) is -0.0317. The molecule has 0 saturated heterocycles. The molecule has 0 N–H and O–H groups in total. The highest BCUT2D eigenvalue weighted by Gasteiger charge is 2.19. The minimum atomic E-state index is -1.04. The monoisotopic (exact) mass is 344 g/mol. The lowest BCUT2D eigenvalue weighted by molar-refractivity contribution is 0.0690. The number of amides is 1. The first kappa shape index (κ1) is 18.3. The Morgan fingerprint density at radius 1 is 1.12 bits per heavy atom. The van der Waals surface area contributed by atoms with E-state index in [0.717, 1.165) is 10.5 Å². The Morgan fingerprint density at radius 3 is 2.29 bits per heavy atom. The molecule has 0 unspecified atom stereocenters. The highest BCUT2D eigenvalue weighted by Crippen LogP contribution is 2.16. The molecule has 0 fully saturated rings. The zero-order valence-electron chi connectivity index (χ0n) is 14.6. The molecule has 0 saturated carbocycles. The van der Waals surface area contributed by atoms with Crippen LogP contribution in [-0.4, -0.2) is 31.3 Å². The summed E-state index contributed by atoms with van der Waals surface area (Å²) in [5.41, 5.74) is 1.61. The van der Waals surface area contributed by atoms with Crippen LogP contribution in [0, 0.1) is 0 Å². The highest BCUT2D eigenvalue weighted by atomic mass is 32.2. The van der Waals surface area contributed by atoms with Crippen molar-refractivity contribution in [2.24, 2.45) is 0 Å². The van der Waals surface area contributed by atoms with Gasteiger partial charge in [0, 0.05) is 40.7 Å². The number of carbonyl (C=O) groups excluding carboxylic acids is 1. The van der Waals surface area contributed by atoms with Crippen molar-refractivity contribution in [2.75, 3.05) is 0 Å². The molecule has 2 aromatic rings. The first-order chi connectivity index (χ1) is 11.4. The molecule has 1 aromatic carbocycles. The molecule has 0 aliphatic carbocycles. The van der Waals surface area contributed by atoms with Crippen LogP contribution in [0.4, 0.5) is 0 Å². The number of carbonyl (C=O) groups is 1. The summed E-state index contributed by atoms with van der Waals surface area (Å²) in [6.45, 7) is 8.35. The van der Waals surface area contributed by atoms with Crippen LogP contribution in [0.3, 0.4) is 0 Å². The van der Waals surface area contributed by atoms with Gasteiger partial charge in [-0.05, 0) is 49.7 Å². The molecule has 0 aliphatic heterocycles. The fourth-order valence-corrected chi connectivity index (χ4v) is 3.30. The van der Waals surface area contributed by atoms with E-state index in [2.05, 4.69) is 4.98 Å². The fourth-order valence-electron chi connectivity index (χ4n) is 2.35. The minimum Gasteiger partial charge on any atom is -0.332 e. The minimum absolute atomic E-state index is 0.0317. The zero-order valence-corrected chi connectivity index (χ0v) is 15.4. The van der Waals surface area contributed by atoms with Crippen molar-refractivity contribution in [3.05, 3.63) is 59.9 Å². The molecule has 4 nitrogen and oxygen atoms in total. The van der Waals surface area contributed by atoms with Crippen LogP contribution in [0.5, 0.6) is 0 Å². The summed E-state index contributed by atoms with van der Waals surface area (Å²) in [6.07, 6.45) is 3.50. The zero-order chi connectivity index (χ0) is 17.7. The van der Waals surface area contributed by atoms with Crippen LogP contribution in [0.15, 0.2) is 53.7 Å². The maximum absolute atomic E-state index is 12.8. The van der Waals surface area contributed by atoms with E-state index in [4.69, 9.17) is 0 Å². The molecule has 0 spiro atoms. The highest BCUT2D eigenvalue weighted by molar-refractivity contribution is 7.85. The van der Waals surface area contributed by atoms with Gasteiger partial charge in [-0.3, -0.25) is 14.0 Å². The lowest BCUT2D eigenvalue weighted by atomic mass is 10.1. The SMILES string of the molecule is CC(C)N(Cc1cccnc1)C(=O)c1ccc([S@](=O)C(C)C)cc1. The molecular formula is C19H24N2O2S. The Balaban J connectivity index is 2.19. The Morgan fingerprint density at radius 2 is 1.79 bits per heavy atom. The van der Waals surface area contributed by atoms with Gasteiger partial charge in [-0.25, -0.2) is 0 Å². The van der Waals surface area contributed by atoms with Crippen LogP contribution >= 0.6 is 0 Å². The average Bonchev–Trinajstić information content (AvgIpc) is 2.59. The molecular weight excluding hydrogens is 320 g/mol. The van der Waals surface area contributed by atoms with Gasteiger partial charge in [-0.1, -0.05) is 19.9 Å². The first-order valence-electron chi connectivity index (χ1n) is 8.10. The molecule has 1 heterocycles. The maximum atomic E-state index is 12.8. The Kier molecular flexibility index (Phi) is 6.26. The summed E-state index contributed by atoms with van der Waals surface area (Å²) in [4.78, 5) is 19.5. The lowest BCUT2D eigenvalue weighted by Crippen LogP contribution is -2.36. The number of nitrogens with zero attached hydrogens (tertiary/aromatic N) is 2. The normalized spacial score (nSPS) is 12.4. The smallest absolute Gasteiger partial charge is 0.254 e. The Hall–Kier alpha value is -2.01. The van der Waals surface area contributed by atoms with Crippen molar-refractivity contribution in [3.63, 3.8) is 0 Å². The second-order valence-electron chi connectivity index (χ2n) is 6.26. The third kappa shape index (κ3) is 4.51. The van der Waals surface area contributed by atoms with Crippen molar-refractivity contribution in [3.8, 4) is 0 Å². The number of pyridine rings is 1. The van der Waals surface area contributed by atoms with Crippen molar-refractivity contribution >= 4 is 16.7 Å². The van der Waals surface area contributed by atoms with E-state index in [1.807, 2.05) is 44.7 Å². The molecule has 128 valence electrons. The third-order valence-electron chi connectivity index (χ3n) is 3.72. The van der Waals surface area contributed by atoms with E-state index >= 15 is 0 Å². The topological polar surface area (TPSA) is 50.3 Å². The van der Waals surface area contributed by atoms with Crippen LogP contribution in [0.1, 0.15) is 43.6 Å². The molecule has 1 amide bonds. The third-order valence-corrected chi connectivity index (χ3v) is 5.31. The molecule has 5 heteroatoms. The summed E-state index contributed by atoms with van der Waals surface area (Å²) < 4.78 is 12.1. The van der Waals surface area contributed by atoms with E-state index in [9.17, 15) is 9.00 Å². The molecule has 0 aliphatic rings. The van der Waals surface area contributed by atoms with E-state index in [-0.39, 0.29) is 17.2 Å². The second kappa shape index (κ2) is 8.20. The van der Waals surface area contributed by atoms with Crippen molar-refractivity contribution < 1.29 is 9.00 Å².